The zero-order valence-corrected chi connectivity index (χ0v) is 15.3. The maximum Gasteiger partial charge on any atom is 0.228 e. The third-order valence-electron chi connectivity index (χ3n) is 5.25. The van der Waals surface area contributed by atoms with Gasteiger partial charge in [0.2, 0.25) is 5.91 Å². The Kier molecular flexibility index (Phi) is 6.06. The molecule has 5 heteroatoms. The second-order valence-electron chi connectivity index (χ2n) is 7.18. The number of carbonyl (C=O) groups is 1. The fraction of sp³-hybridized carbons (Fsp3) is 0.632. The molecule has 0 bridgehead atoms. The lowest BCUT2D eigenvalue weighted by atomic mass is 9.94. The van der Waals surface area contributed by atoms with E-state index < -0.39 is 10.8 Å². The van der Waals surface area contributed by atoms with Gasteiger partial charge in [0.15, 0.2) is 0 Å². The average molecular weight is 349 g/mol. The molecular formula is C19H28N2O2S. The summed E-state index contributed by atoms with van der Waals surface area (Å²) in [6.07, 6.45) is 9.29. The van der Waals surface area contributed by atoms with Crippen LogP contribution in [0, 0.1) is 5.92 Å². The van der Waals surface area contributed by atoms with Gasteiger partial charge in [-0.1, -0.05) is 31.4 Å². The Morgan fingerprint density at radius 2 is 2.04 bits per heavy atom. The fourth-order valence-corrected chi connectivity index (χ4v) is 4.65. The molecule has 1 N–H and O–H groups in total. The van der Waals surface area contributed by atoms with Crippen LogP contribution in [0.1, 0.15) is 44.1 Å². The molecule has 2 aliphatic rings. The summed E-state index contributed by atoms with van der Waals surface area (Å²) in [7, 11) is -0.867. The Labute approximate surface area is 147 Å². The minimum absolute atomic E-state index is 0.0934. The third kappa shape index (κ3) is 4.67. The molecule has 1 aromatic rings. The molecule has 2 atom stereocenters. The smallest absolute Gasteiger partial charge is 0.228 e. The summed E-state index contributed by atoms with van der Waals surface area (Å²) in [5, 5.41) is 3.06. The van der Waals surface area contributed by atoms with E-state index in [1.165, 1.54) is 32.1 Å². The normalized spacial score (nSPS) is 24.0. The van der Waals surface area contributed by atoms with Crippen molar-refractivity contribution in [1.29, 1.82) is 0 Å². The van der Waals surface area contributed by atoms with E-state index in [0.29, 0.717) is 11.8 Å². The minimum atomic E-state index is -0.867. The van der Waals surface area contributed by atoms with Crippen LogP contribution in [0.4, 0.5) is 5.69 Å². The van der Waals surface area contributed by atoms with E-state index in [4.69, 9.17) is 0 Å². The third-order valence-corrected chi connectivity index (χ3v) is 5.99. The van der Waals surface area contributed by atoms with Crippen molar-refractivity contribution >= 4 is 22.4 Å². The Morgan fingerprint density at radius 3 is 2.79 bits per heavy atom. The van der Waals surface area contributed by atoms with E-state index in [-0.39, 0.29) is 11.8 Å². The van der Waals surface area contributed by atoms with Crippen LogP contribution in [0.25, 0.3) is 0 Å². The van der Waals surface area contributed by atoms with Crippen LogP contribution >= 0.6 is 0 Å². The highest BCUT2D eigenvalue weighted by Crippen LogP contribution is 2.28. The van der Waals surface area contributed by atoms with E-state index >= 15 is 0 Å². The molecular weight excluding hydrogens is 320 g/mol. The van der Waals surface area contributed by atoms with Crippen molar-refractivity contribution < 1.29 is 9.00 Å². The number of nitrogens with zero attached hydrogens (tertiary/aromatic N) is 1. The first-order chi connectivity index (χ1) is 11.6. The highest BCUT2D eigenvalue weighted by atomic mass is 32.2. The first-order valence-corrected chi connectivity index (χ1v) is 10.8. The molecule has 1 aliphatic carbocycles. The molecule has 1 saturated heterocycles. The molecule has 3 rings (SSSR count). The fourth-order valence-electron chi connectivity index (χ4n) is 4.00. The van der Waals surface area contributed by atoms with E-state index in [0.717, 1.165) is 30.8 Å². The molecule has 2 fully saturated rings. The molecule has 1 aliphatic heterocycles. The van der Waals surface area contributed by atoms with Crippen LogP contribution in [0.2, 0.25) is 0 Å². The second kappa shape index (κ2) is 8.26. The molecule has 1 amide bonds. The van der Waals surface area contributed by atoms with Crippen molar-refractivity contribution in [3.63, 3.8) is 0 Å². The summed E-state index contributed by atoms with van der Waals surface area (Å²) in [4.78, 5) is 15.1. The van der Waals surface area contributed by atoms with Gasteiger partial charge in [0, 0.05) is 41.1 Å². The number of hydrogen-bond acceptors (Lipinski definition) is 3. The van der Waals surface area contributed by atoms with E-state index in [9.17, 15) is 9.00 Å². The molecule has 4 nitrogen and oxygen atoms in total. The number of rotatable bonds is 5. The van der Waals surface area contributed by atoms with Crippen molar-refractivity contribution in [1.82, 2.24) is 4.90 Å². The van der Waals surface area contributed by atoms with Crippen LogP contribution < -0.4 is 5.32 Å². The van der Waals surface area contributed by atoms with E-state index in [1.54, 1.807) is 6.26 Å². The Balaban J connectivity index is 1.54. The monoisotopic (exact) mass is 348 g/mol. The summed E-state index contributed by atoms with van der Waals surface area (Å²) in [5.74, 6) is 0.752. The Bertz CT molecular complexity index is 599. The summed E-state index contributed by atoms with van der Waals surface area (Å²) in [6.45, 7) is 1.95. The van der Waals surface area contributed by atoms with Gasteiger partial charge in [-0.25, -0.2) is 0 Å². The van der Waals surface area contributed by atoms with Crippen molar-refractivity contribution in [3.05, 3.63) is 29.8 Å². The number of anilines is 1. The van der Waals surface area contributed by atoms with Crippen LogP contribution in [0.5, 0.6) is 0 Å². The second-order valence-corrected chi connectivity index (χ2v) is 8.61. The van der Waals surface area contributed by atoms with Gasteiger partial charge in [0.05, 0.1) is 5.92 Å². The van der Waals surface area contributed by atoms with Gasteiger partial charge < -0.3 is 5.32 Å². The lowest BCUT2D eigenvalue weighted by Crippen LogP contribution is -2.36. The minimum Gasteiger partial charge on any atom is -0.326 e. The molecule has 1 aromatic carbocycles. The van der Waals surface area contributed by atoms with Crippen LogP contribution in [0.3, 0.4) is 0 Å². The van der Waals surface area contributed by atoms with E-state index in [2.05, 4.69) is 10.2 Å². The number of benzene rings is 1. The van der Waals surface area contributed by atoms with Crippen molar-refractivity contribution in [2.45, 2.75) is 50.3 Å². The summed E-state index contributed by atoms with van der Waals surface area (Å²) in [5.41, 5.74) is 1.82. The Morgan fingerprint density at radius 1 is 1.25 bits per heavy atom. The van der Waals surface area contributed by atoms with Gasteiger partial charge in [-0.2, -0.15) is 0 Å². The average Bonchev–Trinajstić information content (AvgIpc) is 3.05. The zero-order chi connectivity index (χ0) is 16.9. The first kappa shape index (κ1) is 17.6. The molecule has 132 valence electrons. The first-order valence-electron chi connectivity index (χ1n) is 9.05. The zero-order valence-electron chi connectivity index (χ0n) is 14.5. The highest BCUT2D eigenvalue weighted by Gasteiger charge is 2.32. The highest BCUT2D eigenvalue weighted by molar-refractivity contribution is 7.83. The molecule has 0 spiro atoms. The number of hydrogen-bond donors (Lipinski definition) is 1. The SMILES string of the molecule is C[S@@](=O)Cc1cccc(NC(=O)[C@H]2CCN(C3CCCCC3)C2)c1. The number of amides is 1. The number of nitrogens with one attached hydrogen (secondary N) is 1. The maximum atomic E-state index is 12.6. The molecule has 1 saturated carbocycles. The van der Waals surface area contributed by atoms with Gasteiger partial charge in [-0.15, -0.1) is 0 Å². The topological polar surface area (TPSA) is 49.4 Å². The largest absolute Gasteiger partial charge is 0.326 e. The van der Waals surface area contributed by atoms with Crippen molar-refractivity contribution in [2.24, 2.45) is 5.92 Å². The maximum absolute atomic E-state index is 12.6. The summed E-state index contributed by atoms with van der Waals surface area (Å²) in [6, 6.07) is 8.42. The summed E-state index contributed by atoms with van der Waals surface area (Å²) < 4.78 is 11.4. The summed E-state index contributed by atoms with van der Waals surface area (Å²) >= 11 is 0. The Hall–Kier alpha value is -1.20. The standard InChI is InChI=1S/C19H28N2O2S/c1-24(23)14-15-6-5-7-17(12-15)20-19(22)16-10-11-21(13-16)18-8-3-2-4-9-18/h5-7,12,16,18H,2-4,8-11,13-14H2,1H3,(H,20,22)/t16-,24+/m0/s1. The quantitative estimate of drug-likeness (QED) is 0.889. The van der Waals surface area contributed by atoms with Gasteiger partial charge in [-0.3, -0.25) is 13.9 Å². The number of carbonyl (C=O) groups excluding carboxylic acids is 1. The van der Waals surface area contributed by atoms with Gasteiger partial charge in [0.1, 0.15) is 0 Å². The lowest BCUT2D eigenvalue weighted by Gasteiger charge is -2.30. The lowest BCUT2D eigenvalue weighted by molar-refractivity contribution is -0.119. The molecule has 0 aromatic heterocycles. The van der Waals surface area contributed by atoms with Crippen molar-refractivity contribution in [3.8, 4) is 0 Å². The van der Waals surface area contributed by atoms with Gasteiger partial charge in [-0.05, 0) is 43.5 Å². The molecule has 24 heavy (non-hydrogen) atoms. The van der Waals surface area contributed by atoms with Crippen molar-refractivity contribution in [2.75, 3.05) is 24.7 Å². The molecule has 0 radical (unpaired) electrons. The van der Waals surface area contributed by atoms with Gasteiger partial charge in [0.25, 0.3) is 0 Å². The van der Waals surface area contributed by atoms with Crippen LogP contribution in [-0.4, -0.2) is 40.4 Å². The predicted molar refractivity (Wildman–Crippen MR) is 99.4 cm³/mol. The molecule has 0 unspecified atom stereocenters. The predicted octanol–water partition coefficient (Wildman–Crippen LogP) is 3.16. The van der Waals surface area contributed by atoms with Crippen LogP contribution in [0.15, 0.2) is 24.3 Å². The van der Waals surface area contributed by atoms with Gasteiger partial charge >= 0.3 is 0 Å². The molecule has 1 heterocycles. The van der Waals surface area contributed by atoms with Crippen LogP contribution in [-0.2, 0) is 21.3 Å². The van der Waals surface area contributed by atoms with E-state index in [1.807, 2.05) is 24.3 Å². The number of likely N-dealkylation sites (tertiary alicyclic amines) is 1.